The Hall–Kier alpha value is -3.98. The van der Waals surface area contributed by atoms with E-state index in [9.17, 15) is 10.4 Å². The van der Waals surface area contributed by atoms with Gasteiger partial charge in [-0.15, -0.1) is 0 Å². The quantitative estimate of drug-likeness (QED) is 0.556. The monoisotopic (exact) mass is 372 g/mol. The van der Waals surface area contributed by atoms with Gasteiger partial charge in [-0.3, -0.25) is 4.98 Å². The maximum Gasteiger partial charge on any atom is 0.205 e. The van der Waals surface area contributed by atoms with Crippen LogP contribution in [-0.2, 0) is 0 Å². The van der Waals surface area contributed by atoms with Gasteiger partial charge in [0.2, 0.25) is 5.75 Å². The van der Waals surface area contributed by atoms with Crippen LogP contribution in [0, 0.1) is 11.3 Å². The van der Waals surface area contributed by atoms with Gasteiger partial charge in [0.1, 0.15) is 11.8 Å². The van der Waals surface area contributed by atoms with Gasteiger partial charge in [-0.2, -0.15) is 5.26 Å². The summed E-state index contributed by atoms with van der Waals surface area (Å²) in [6, 6.07) is 15.2. The van der Waals surface area contributed by atoms with Crippen LogP contribution in [0.3, 0.4) is 0 Å². The summed E-state index contributed by atoms with van der Waals surface area (Å²) in [5, 5.41) is 21.0. The van der Waals surface area contributed by atoms with E-state index in [-0.39, 0.29) is 11.5 Å². The van der Waals surface area contributed by atoms with Crippen molar-refractivity contribution in [2.45, 2.75) is 0 Å². The Balaban J connectivity index is 2.04. The summed E-state index contributed by atoms with van der Waals surface area (Å²) in [6.07, 6.45) is 2.99. The van der Waals surface area contributed by atoms with E-state index < -0.39 is 0 Å². The summed E-state index contributed by atoms with van der Waals surface area (Å²) < 4.78 is 16.4. The maximum absolute atomic E-state index is 10.9. The van der Waals surface area contributed by atoms with E-state index in [1.165, 1.54) is 26.7 Å². The van der Waals surface area contributed by atoms with Gasteiger partial charge in [-0.05, 0) is 17.7 Å². The zero-order chi connectivity index (χ0) is 19.7. The van der Waals surface area contributed by atoms with Crippen molar-refractivity contribution in [3.05, 3.63) is 60.5 Å². The van der Waals surface area contributed by atoms with Crippen LogP contribution in [0.1, 0.15) is 5.56 Å². The second-order valence-corrected chi connectivity index (χ2v) is 6.05. The first-order chi connectivity index (χ1) is 13.7. The number of nitrogens with zero attached hydrogens (tertiary/aromatic N) is 2. The smallest absolute Gasteiger partial charge is 0.205 e. The lowest BCUT2D eigenvalue weighted by Crippen LogP contribution is -1.96. The van der Waals surface area contributed by atoms with Crippen molar-refractivity contribution in [2.24, 2.45) is 0 Å². The molecule has 0 unspecified atom stereocenters. The fourth-order valence-electron chi connectivity index (χ4n) is 3.30. The topological polar surface area (TPSA) is 88.5 Å². The number of phenols is 1. The Kier molecular flexibility index (Phi) is 4.34. The van der Waals surface area contributed by atoms with E-state index in [0.717, 1.165) is 5.56 Å². The molecule has 0 aliphatic carbocycles. The van der Waals surface area contributed by atoms with Crippen molar-refractivity contribution < 1.29 is 19.0 Å². The van der Waals surface area contributed by atoms with E-state index in [4.69, 9.17) is 13.9 Å². The number of aromatic nitrogens is 1. The first-order valence-corrected chi connectivity index (χ1v) is 8.49. The molecule has 0 saturated carbocycles. The average molecular weight is 372 g/mol. The lowest BCUT2D eigenvalue weighted by molar-refractivity contribution is 0.367. The van der Waals surface area contributed by atoms with Crippen LogP contribution in [0.5, 0.6) is 17.2 Å². The van der Waals surface area contributed by atoms with Gasteiger partial charge >= 0.3 is 0 Å². The SMILES string of the molecule is COc1c(-c2cc(-c3ccccc3)c(C#N)cn2)c(O)c(OC)c2occc12. The number of pyridine rings is 1. The number of furan rings is 1. The molecule has 2 aromatic carbocycles. The first-order valence-electron chi connectivity index (χ1n) is 8.49. The van der Waals surface area contributed by atoms with Gasteiger partial charge in [0.15, 0.2) is 11.3 Å². The fourth-order valence-corrected chi connectivity index (χ4v) is 3.30. The van der Waals surface area contributed by atoms with Gasteiger partial charge < -0.3 is 19.0 Å². The van der Waals surface area contributed by atoms with Gasteiger partial charge in [-0.1, -0.05) is 30.3 Å². The number of rotatable bonds is 4. The number of benzene rings is 2. The molecule has 0 bridgehead atoms. The lowest BCUT2D eigenvalue weighted by Gasteiger charge is -2.15. The fraction of sp³-hybridized carbons (Fsp3) is 0.0909. The van der Waals surface area contributed by atoms with E-state index in [2.05, 4.69) is 11.1 Å². The van der Waals surface area contributed by atoms with E-state index in [1.807, 2.05) is 30.3 Å². The van der Waals surface area contributed by atoms with Crippen LogP contribution in [0.2, 0.25) is 0 Å². The van der Waals surface area contributed by atoms with Crippen molar-refractivity contribution in [2.75, 3.05) is 14.2 Å². The third-order valence-electron chi connectivity index (χ3n) is 4.57. The van der Waals surface area contributed by atoms with Crippen LogP contribution in [0.15, 0.2) is 59.3 Å². The Bertz CT molecular complexity index is 1210. The molecule has 0 radical (unpaired) electrons. The molecule has 0 amide bonds. The Morgan fingerprint density at radius 2 is 1.82 bits per heavy atom. The molecular formula is C22H16N2O4. The summed E-state index contributed by atoms with van der Waals surface area (Å²) in [5.74, 6) is 0.472. The minimum Gasteiger partial charge on any atom is -0.504 e. The zero-order valence-corrected chi connectivity index (χ0v) is 15.3. The summed E-state index contributed by atoms with van der Waals surface area (Å²) in [5.41, 5.74) is 3.23. The standard InChI is InChI=1S/C22H16N2O4/c1-26-20-15-8-9-28-21(15)22(27-2)19(25)18(20)17-10-16(14(11-23)12-24-17)13-6-4-3-5-7-13/h3-10,12,25H,1-2H3. The van der Waals surface area contributed by atoms with Crippen molar-refractivity contribution in [3.8, 4) is 45.7 Å². The molecule has 0 spiro atoms. The normalized spacial score (nSPS) is 10.6. The molecule has 6 heteroatoms. The minimum absolute atomic E-state index is 0.141. The van der Waals surface area contributed by atoms with Crippen molar-refractivity contribution in [3.63, 3.8) is 0 Å². The Morgan fingerprint density at radius 3 is 2.50 bits per heavy atom. The number of hydrogen-bond acceptors (Lipinski definition) is 6. The van der Waals surface area contributed by atoms with Crippen molar-refractivity contribution in [1.82, 2.24) is 4.98 Å². The zero-order valence-electron chi connectivity index (χ0n) is 15.3. The predicted molar refractivity (Wildman–Crippen MR) is 104 cm³/mol. The molecule has 4 aromatic rings. The molecular weight excluding hydrogens is 356 g/mol. The molecule has 1 N–H and O–H groups in total. The third-order valence-corrected chi connectivity index (χ3v) is 4.57. The summed E-state index contributed by atoms with van der Waals surface area (Å²) in [7, 11) is 2.97. The highest BCUT2D eigenvalue weighted by atomic mass is 16.5. The number of aromatic hydroxyl groups is 1. The second-order valence-electron chi connectivity index (χ2n) is 6.05. The van der Waals surface area contributed by atoms with E-state index in [1.54, 1.807) is 12.1 Å². The molecule has 0 aliphatic heterocycles. The predicted octanol–water partition coefficient (Wildman–Crippen LogP) is 4.76. The first kappa shape index (κ1) is 17.4. The largest absolute Gasteiger partial charge is 0.504 e. The molecule has 0 saturated heterocycles. The molecule has 0 fully saturated rings. The highest BCUT2D eigenvalue weighted by Crippen LogP contribution is 2.50. The molecule has 28 heavy (non-hydrogen) atoms. The third kappa shape index (κ3) is 2.61. The van der Waals surface area contributed by atoms with E-state index >= 15 is 0 Å². The molecule has 2 heterocycles. The lowest BCUT2D eigenvalue weighted by atomic mass is 9.97. The number of methoxy groups -OCH3 is 2. The molecule has 2 aromatic heterocycles. The number of phenolic OH excluding ortho intramolecular Hbond substituents is 1. The minimum atomic E-state index is -0.141. The summed E-state index contributed by atoms with van der Waals surface area (Å²) in [6.45, 7) is 0. The second kappa shape index (κ2) is 6.97. The highest BCUT2D eigenvalue weighted by molar-refractivity contribution is 6.00. The average Bonchev–Trinajstić information content (AvgIpc) is 3.22. The molecule has 0 aliphatic rings. The van der Waals surface area contributed by atoms with Gasteiger partial charge in [0.05, 0.1) is 42.7 Å². The van der Waals surface area contributed by atoms with Crippen LogP contribution >= 0.6 is 0 Å². The van der Waals surface area contributed by atoms with Crippen molar-refractivity contribution in [1.29, 1.82) is 5.26 Å². The number of fused-ring (bicyclic) bond motifs is 1. The molecule has 4 rings (SSSR count). The number of hydrogen-bond donors (Lipinski definition) is 1. The van der Waals surface area contributed by atoms with Crippen LogP contribution in [-0.4, -0.2) is 24.3 Å². The highest BCUT2D eigenvalue weighted by Gasteiger charge is 2.25. The molecule has 138 valence electrons. The van der Waals surface area contributed by atoms with Crippen LogP contribution in [0.4, 0.5) is 0 Å². The van der Waals surface area contributed by atoms with Gasteiger partial charge in [0.25, 0.3) is 0 Å². The maximum atomic E-state index is 10.9. The van der Waals surface area contributed by atoms with Crippen LogP contribution in [0.25, 0.3) is 33.4 Å². The number of ether oxygens (including phenoxy) is 2. The number of nitriles is 1. The molecule has 0 atom stereocenters. The van der Waals surface area contributed by atoms with Crippen molar-refractivity contribution >= 4 is 11.0 Å². The Morgan fingerprint density at radius 1 is 1.07 bits per heavy atom. The summed E-state index contributed by atoms with van der Waals surface area (Å²) in [4.78, 5) is 4.39. The van der Waals surface area contributed by atoms with Crippen LogP contribution < -0.4 is 9.47 Å². The van der Waals surface area contributed by atoms with Gasteiger partial charge in [-0.25, -0.2) is 0 Å². The summed E-state index contributed by atoms with van der Waals surface area (Å²) >= 11 is 0. The van der Waals surface area contributed by atoms with E-state index in [0.29, 0.717) is 39.1 Å². The molecule has 6 nitrogen and oxygen atoms in total. The van der Waals surface area contributed by atoms with Gasteiger partial charge in [0, 0.05) is 11.8 Å². The Labute approximate surface area is 161 Å².